The van der Waals surface area contributed by atoms with Crippen molar-refractivity contribution in [2.24, 2.45) is 0 Å². The molecule has 1 aliphatic carbocycles. The Kier molecular flexibility index (Phi) is 3.30. The maximum atomic E-state index is 11.7. The standard InChI is InChI=1S/C19H19N3O2/c1-11-5-12(2)7-14(6-11)16-4-3-13(9-20-16)15-8-17(15)22-18(23)10-21-19(22)24/h3-7,9-10,15,17,23H,8H2,1-2H3,(H,21,24). The Labute approximate surface area is 139 Å². The maximum Gasteiger partial charge on any atom is 0.328 e. The zero-order chi connectivity index (χ0) is 16.8. The van der Waals surface area contributed by atoms with Gasteiger partial charge in [0.25, 0.3) is 0 Å². The molecule has 2 heterocycles. The van der Waals surface area contributed by atoms with Crippen LogP contribution < -0.4 is 5.69 Å². The number of hydrogen-bond acceptors (Lipinski definition) is 3. The molecule has 4 rings (SSSR count). The van der Waals surface area contributed by atoms with E-state index in [-0.39, 0.29) is 23.5 Å². The monoisotopic (exact) mass is 321 g/mol. The number of aromatic amines is 1. The summed E-state index contributed by atoms with van der Waals surface area (Å²) in [5, 5.41) is 9.77. The highest BCUT2D eigenvalue weighted by atomic mass is 16.3. The van der Waals surface area contributed by atoms with E-state index in [1.165, 1.54) is 21.9 Å². The second-order valence-corrected chi connectivity index (χ2v) is 6.58. The number of aromatic hydroxyl groups is 1. The Hall–Kier alpha value is -2.82. The van der Waals surface area contributed by atoms with Crippen LogP contribution in [0.4, 0.5) is 0 Å². The first-order valence-corrected chi connectivity index (χ1v) is 8.06. The molecule has 0 spiro atoms. The number of nitrogens with zero attached hydrogens (tertiary/aromatic N) is 2. The van der Waals surface area contributed by atoms with Crippen molar-refractivity contribution in [3.8, 4) is 17.1 Å². The Morgan fingerprint density at radius 1 is 1.21 bits per heavy atom. The molecule has 0 aliphatic heterocycles. The highest BCUT2D eigenvalue weighted by Crippen LogP contribution is 2.51. The number of rotatable bonds is 3. The third-order valence-electron chi connectivity index (χ3n) is 4.61. The Morgan fingerprint density at radius 2 is 1.96 bits per heavy atom. The van der Waals surface area contributed by atoms with E-state index in [0.29, 0.717) is 0 Å². The van der Waals surface area contributed by atoms with Crippen LogP contribution in [0.5, 0.6) is 5.88 Å². The molecule has 2 unspecified atom stereocenters. The van der Waals surface area contributed by atoms with Crippen molar-refractivity contribution in [1.82, 2.24) is 14.5 Å². The van der Waals surface area contributed by atoms with Gasteiger partial charge in [-0.1, -0.05) is 23.3 Å². The van der Waals surface area contributed by atoms with Gasteiger partial charge in [0, 0.05) is 23.7 Å². The van der Waals surface area contributed by atoms with Crippen LogP contribution in [0, 0.1) is 13.8 Å². The molecule has 5 nitrogen and oxygen atoms in total. The first-order chi connectivity index (χ1) is 11.5. The van der Waals surface area contributed by atoms with E-state index in [0.717, 1.165) is 23.2 Å². The van der Waals surface area contributed by atoms with Crippen molar-refractivity contribution in [3.05, 3.63) is 69.9 Å². The summed E-state index contributed by atoms with van der Waals surface area (Å²) in [4.78, 5) is 18.8. The fourth-order valence-electron chi connectivity index (χ4n) is 3.43. The quantitative estimate of drug-likeness (QED) is 0.777. The van der Waals surface area contributed by atoms with Crippen molar-refractivity contribution < 1.29 is 5.11 Å². The molecule has 0 amide bonds. The number of benzene rings is 1. The predicted molar refractivity (Wildman–Crippen MR) is 92.3 cm³/mol. The van der Waals surface area contributed by atoms with Gasteiger partial charge < -0.3 is 10.1 Å². The molecular formula is C19H19N3O2. The van der Waals surface area contributed by atoms with Crippen molar-refractivity contribution in [2.45, 2.75) is 32.2 Å². The number of aryl methyl sites for hydroxylation is 2. The summed E-state index contributed by atoms with van der Waals surface area (Å²) in [6.07, 6.45) is 4.06. The molecule has 2 atom stereocenters. The predicted octanol–water partition coefficient (Wildman–Crippen LogP) is 3.29. The summed E-state index contributed by atoms with van der Waals surface area (Å²) in [5.41, 5.74) is 5.34. The molecule has 5 heteroatoms. The molecule has 3 aromatic rings. The molecule has 0 radical (unpaired) electrons. The highest BCUT2D eigenvalue weighted by molar-refractivity contribution is 5.61. The first kappa shape index (κ1) is 14.8. The number of hydrogen-bond donors (Lipinski definition) is 2. The van der Waals surface area contributed by atoms with Crippen LogP contribution in [0.15, 0.2) is 47.5 Å². The second-order valence-electron chi connectivity index (χ2n) is 6.58. The Morgan fingerprint density at radius 3 is 2.54 bits per heavy atom. The number of pyridine rings is 1. The van der Waals surface area contributed by atoms with Crippen LogP contribution in [0.2, 0.25) is 0 Å². The lowest BCUT2D eigenvalue weighted by Gasteiger charge is -2.06. The van der Waals surface area contributed by atoms with Crippen LogP contribution in [-0.2, 0) is 0 Å². The summed E-state index contributed by atoms with van der Waals surface area (Å²) < 4.78 is 1.42. The zero-order valence-electron chi connectivity index (χ0n) is 13.7. The summed E-state index contributed by atoms with van der Waals surface area (Å²) >= 11 is 0. The van der Waals surface area contributed by atoms with Crippen molar-refractivity contribution in [1.29, 1.82) is 0 Å². The van der Waals surface area contributed by atoms with E-state index < -0.39 is 0 Å². The number of nitrogens with one attached hydrogen (secondary N) is 1. The minimum Gasteiger partial charge on any atom is -0.493 e. The zero-order valence-corrected chi connectivity index (χ0v) is 13.7. The van der Waals surface area contributed by atoms with E-state index in [1.807, 2.05) is 12.3 Å². The van der Waals surface area contributed by atoms with Crippen molar-refractivity contribution in [2.75, 3.05) is 0 Å². The van der Waals surface area contributed by atoms with Crippen LogP contribution in [-0.4, -0.2) is 19.6 Å². The molecule has 1 aromatic carbocycles. The molecule has 2 aromatic heterocycles. The van der Waals surface area contributed by atoms with Crippen LogP contribution in [0.3, 0.4) is 0 Å². The lowest BCUT2D eigenvalue weighted by Crippen LogP contribution is -2.15. The van der Waals surface area contributed by atoms with Gasteiger partial charge in [-0.3, -0.25) is 9.55 Å². The fourth-order valence-corrected chi connectivity index (χ4v) is 3.43. The largest absolute Gasteiger partial charge is 0.493 e. The smallest absolute Gasteiger partial charge is 0.328 e. The minimum atomic E-state index is -0.264. The van der Waals surface area contributed by atoms with Crippen molar-refractivity contribution in [3.63, 3.8) is 0 Å². The summed E-state index contributed by atoms with van der Waals surface area (Å²) in [5.74, 6) is 0.220. The van der Waals surface area contributed by atoms with Gasteiger partial charge in [0.2, 0.25) is 5.88 Å². The Balaban J connectivity index is 1.58. The summed E-state index contributed by atoms with van der Waals surface area (Å²) in [6, 6.07) is 10.5. The fraction of sp³-hybridized carbons (Fsp3) is 0.263. The molecule has 2 N–H and O–H groups in total. The van der Waals surface area contributed by atoms with Crippen molar-refractivity contribution >= 4 is 0 Å². The van der Waals surface area contributed by atoms with E-state index in [4.69, 9.17) is 0 Å². The average molecular weight is 321 g/mol. The molecule has 122 valence electrons. The number of H-pyrrole nitrogens is 1. The molecule has 1 saturated carbocycles. The van der Waals surface area contributed by atoms with Gasteiger partial charge in [0.1, 0.15) is 0 Å². The highest BCUT2D eigenvalue weighted by Gasteiger charge is 2.42. The number of imidazole rings is 1. The normalized spacial score (nSPS) is 19.4. The lowest BCUT2D eigenvalue weighted by atomic mass is 10.0. The molecule has 24 heavy (non-hydrogen) atoms. The van der Waals surface area contributed by atoms with Gasteiger partial charge >= 0.3 is 5.69 Å². The van der Waals surface area contributed by atoms with Gasteiger partial charge in [-0.15, -0.1) is 0 Å². The van der Waals surface area contributed by atoms with E-state index in [2.05, 4.69) is 48.1 Å². The maximum absolute atomic E-state index is 11.7. The third-order valence-corrected chi connectivity index (χ3v) is 4.61. The Bertz CT molecular complexity index is 933. The average Bonchev–Trinajstić information content (AvgIpc) is 3.25. The van der Waals surface area contributed by atoms with Gasteiger partial charge in [0.05, 0.1) is 11.9 Å². The van der Waals surface area contributed by atoms with Gasteiger partial charge in [0.15, 0.2) is 0 Å². The number of aromatic nitrogens is 3. The molecular weight excluding hydrogens is 302 g/mol. The molecule has 0 saturated heterocycles. The van der Waals surface area contributed by atoms with Gasteiger partial charge in [-0.2, -0.15) is 0 Å². The SMILES string of the molecule is Cc1cc(C)cc(-c2ccc(C3CC3n3c(O)c[nH]c3=O)cn2)c1. The molecule has 0 bridgehead atoms. The van der Waals surface area contributed by atoms with E-state index in [9.17, 15) is 9.90 Å². The van der Waals surface area contributed by atoms with Gasteiger partial charge in [-0.25, -0.2) is 4.79 Å². The minimum absolute atomic E-state index is 0.00712. The van der Waals surface area contributed by atoms with Crippen LogP contribution in [0.1, 0.15) is 35.1 Å². The first-order valence-electron chi connectivity index (χ1n) is 8.06. The van der Waals surface area contributed by atoms with Crippen LogP contribution >= 0.6 is 0 Å². The molecule has 1 aliphatic rings. The summed E-state index contributed by atoms with van der Waals surface area (Å²) in [6.45, 7) is 4.17. The van der Waals surface area contributed by atoms with E-state index in [1.54, 1.807) is 0 Å². The van der Waals surface area contributed by atoms with Gasteiger partial charge in [-0.05, 0) is 44.0 Å². The molecule has 1 fully saturated rings. The van der Waals surface area contributed by atoms with Crippen LogP contribution in [0.25, 0.3) is 11.3 Å². The topological polar surface area (TPSA) is 70.9 Å². The lowest BCUT2D eigenvalue weighted by molar-refractivity contribution is 0.413. The van der Waals surface area contributed by atoms with E-state index >= 15 is 0 Å². The third kappa shape index (κ3) is 2.52. The summed E-state index contributed by atoms with van der Waals surface area (Å²) in [7, 11) is 0. The second kappa shape index (κ2) is 5.37.